The number of benzene rings is 2. The van der Waals surface area contributed by atoms with Gasteiger partial charge in [0.1, 0.15) is 12.4 Å². The van der Waals surface area contributed by atoms with Gasteiger partial charge in [-0.2, -0.15) is 0 Å². The molecule has 2 aliphatic rings. The summed E-state index contributed by atoms with van der Waals surface area (Å²) in [5.41, 5.74) is 4.52. The van der Waals surface area contributed by atoms with Crippen LogP contribution >= 0.6 is 0 Å². The third kappa shape index (κ3) is 6.04. The first-order valence-corrected chi connectivity index (χ1v) is 11.5. The van der Waals surface area contributed by atoms with Crippen molar-refractivity contribution in [2.45, 2.75) is 57.3 Å². The minimum atomic E-state index is -0.856. The normalized spacial score (nSPS) is 18.0. The van der Waals surface area contributed by atoms with Crippen LogP contribution in [-0.2, 0) is 20.9 Å². The summed E-state index contributed by atoms with van der Waals surface area (Å²) in [5.74, 6) is 4.95. The molecular weight excluding hydrogens is 416 g/mol. The molecule has 0 bridgehead atoms. The van der Waals surface area contributed by atoms with E-state index in [1.807, 2.05) is 24.3 Å². The number of carboxylic acid groups (broad SMARTS) is 1. The minimum Gasteiger partial charge on any atom is -0.489 e. The van der Waals surface area contributed by atoms with Gasteiger partial charge in [0.25, 0.3) is 0 Å². The number of carbonyl (C=O) groups is 1. The SMILES string of the molecule is CC#C[C@@H](CC(=O)O)c1ccc(OCc2cccc(C3=CCC4(CC3)OCCCO4)c2)cc1. The van der Waals surface area contributed by atoms with Crippen molar-refractivity contribution in [3.05, 3.63) is 71.3 Å². The first kappa shape index (κ1) is 23.1. The molecule has 0 aromatic heterocycles. The highest BCUT2D eigenvalue weighted by molar-refractivity contribution is 5.69. The summed E-state index contributed by atoms with van der Waals surface area (Å²) in [4.78, 5) is 11.1. The number of carboxylic acids is 1. The van der Waals surface area contributed by atoms with Gasteiger partial charge in [-0.1, -0.05) is 42.3 Å². The molecule has 5 nitrogen and oxygen atoms in total. The Labute approximate surface area is 195 Å². The van der Waals surface area contributed by atoms with Gasteiger partial charge < -0.3 is 19.3 Å². The summed E-state index contributed by atoms with van der Waals surface area (Å²) in [5, 5.41) is 9.11. The van der Waals surface area contributed by atoms with Crippen LogP contribution in [0.25, 0.3) is 5.57 Å². The van der Waals surface area contributed by atoms with E-state index in [1.165, 1.54) is 11.1 Å². The fourth-order valence-electron chi connectivity index (χ4n) is 4.37. The predicted octanol–water partition coefficient (Wildman–Crippen LogP) is 5.55. The maximum absolute atomic E-state index is 11.1. The van der Waals surface area contributed by atoms with Gasteiger partial charge in [0, 0.05) is 12.8 Å². The quantitative estimate of drug-likeness (QED) is 0.565. The Balaban J connectivity index is 1.37. The molecule has 1 atom stereocenters. The van der Waals surface area contributed by atoms with E-state index < -0.39 is 11.8 Å². The summed E-state index contributed by atoms with van der Waals surface area (Å²) < 4.78 is 17.9. The second-order valence-electron chi connectivity index (χ2n) is 8.50. The molecule has 1 heterocycles. The number of hydrogen-bond donors (Lipinski definition) is 1. The highest BCUT2D eigenvalue weighted by Crippen LogP contribution is 2.38. The van der Waals surface area contributed by atoms with Gasteiger partial charge in [-0.05, 0) is 60.2 Å². The number of aliphatic carboxylic acids is 1. The van der Waals surface area contributed by atoms with E-state index in [0.717, 1.165) is 55.8 Å². The molecule has 1 saturated heterocycles. The molecule has 4 rings (SSSR count). The zero-order chi connectivity index (χ0) is 23.1. The van der Waals surface area contributed by atoms with Crippen molar-refractivity contribution < 1.29 is 24.1 Å². The molecule has 33 heavy (non-hydrogen) atoms. The van der Waals surface area contributed by atoms with Gasteiger partial charge in [0.05, 0.1) is 25.6 Å². The van der Waals surface area contributed by atoms with E-state index >= 15 is 0 Å². The number of rotatable bonds is 7. The van der Waals surface area contributed by atoms with Gasteiger partial charge in [0.2, 0.25) is 0 Å². The van der Waals surface area contributed by atoms with Crippen LogP contribution in [0.2, 0.25) is 0 Å². The fraction of sp³-hybridized carbons (Fsp3) is 0.393. The highest BCUT2D eigenvalue weighted by Gasteiger charge is 2.36. The van der Waals surface area contributed by atoms with Crippen LogP contribution in [-0.4, -0.2) is 30.1 Å². The Morgan fingerprint density at radius 3 is 2.64 bits per heavy atom. The lowest BCUT2D eigenvalue weighted by molar-refractivity contribution is -0.268. The Hall–Kier alpha value is -3.07. The monoisotopic (exact) mass is 446 g/mol. The van der Waals surface area contributed by atoms with Gasteiger partial charge >= 0.3 is 5.97 Å². The molecule has 0 saturated carbocycles. The molecule has 0 radical (unpaired) electrons. The molecule has 1 fully saturated rings. The molecule has 1 spiro atoms. The average Bonchev–Trinajstić information content (AvgIpc) is 2.84. The Morgan fingerprint density at radius 1 is 1.18 bits per heavy atom. The molecule has 1 N–H and O–H groups in total. The maximum Gasteiger partial charge on any atom is 0.304 e. The summed E-state index contributed by atoms with van der Waals surface area (Å²) in [6.07, 6.45) is 5.82. The molecule has 172 valence electrons. The van der Waals surface area contributed by atoms with Gasteiger partial charge in [0.15, 0.2) is 5.79 Å². The molecule has 2 aromatic carbocycles. The van der Waals surface area contributed by atoms with E-state index in [1.54, 1.807) is 6.92 Å². The summed E-state index contributed by atoms with van der Waals surface area (Å²) in [6.45, 7) is 3.75. The van der Waals surface area contributed by atoms with Crippen molar-refractivity contribution in [3.8, 4) is 17.6 Å². The maximum atomic E-state index is 11.1. The summed E-state index contributed by atoms with van der Waals surface area (Å²) >= 11 is 0. The van der Waals surface area contributed by atoms with Crippen LogP contribution in [0.5, 0.6) is 5.75 Å². The molecule has 0 amide bonds. The van der Waals surface area contributed by atoms with E-state index in [4.69, 9.17) is 19.3 Å². The van der Waals surface area contributed by atoms with E-state index in [9.17, 15) is 4.79 Å². The standard InChI is InChI=1S/C28H30O5/c1-2-5-24(19-27(29)30)22-8-10-26(11-9-22)31-20-21-6-3-7-25(18-21)23-12-14-28(15-13-23)32-16-4-17-33-28/h3,6-12,18,24H,4,13-17,19-20H2,1H3,(H,29,30)/t24-/m0/s1. The Kier molecular flexibility index (Phi) is 7.49. The molecule has 5 heteroatoms. The van der Waals surface area contributed by atoms with E-state index in [-0.39, 0.29) is 12.3 Å². The fourth-order valence-corrected chi connectivity index (χ4v) is 4.37. The molecule has 0 unspecified atom stereocenters. The van der Waals surface area contributed by atoms with Crippen LogP contribution in [0.4, 0.5) is 0 Å². The van der Waals surface area contributed by atoms with E-state index in [0.29, 0.717) is 6.61 Å². The largest absolute Gasteiger partial charge is 0.489 e. The van der Waals surface area contributed by atoms with Crippen molar-refractivity contribution in [2.75, 3.05) is 13.2 Å². The number of ether oxygens (including phenoxy) is 3. The van der Waals surface area contributed by atoms with Crippen molar-refractivity contribution in [2.24, 2.45) is 0 Å². The summed E-state index contributed by atoms with van der Waals surface area (Å²) in [7, 11) is 0. The van der Waals surface area contributed by atoms with Crippen molar-refractivity contribution in [3.63, 3.8) is 0 Å². The highest BCUT2D eigenvalue weighted by atomic mass is 16.7. The topological polar surface area (TPSA) is 65.0 Å². The van der Waals surface area contributed by atoms with Crippen molar-refractivity contribution in [1.29, 1.82) is 0 Å². The third-order valence-electron chi connectivity index (χ3n) is 6.14. The zero-order valence-electron chi connectivity index (χ0n) is 19.0. The minimum absolute atomic E-state index is 0.0109. The lowest BCUT2D eigenvalue weighted by Gasteiger charge is -2.39. The van der Waals surface area contributed by atoms with Crippen molar-refractivity contribution in [1.82, 2.24) is 0 Å². The molecule has 1 aliphatic heterocycles. The summed E-state index contributed by atoms with van der Waals surface area (Å²) in [6, 6.07) is 16.0. The average molecular weight is 447 g/mol. The molecule has 2 aromatic rings. The lowest BCUT2D eigenvalue weighted by Crippen LogP contribution is -2.41. The Bertz CT molecular complexity index is 1050. The second kappa shape index (κ2) is 10.7. The lowest BCUT2D eigenvalue weighted by atomic mass is 9.89. The smallest absolute Gasteiger partial charge is 0.304 e. The molecule has 1 aliphatic carbocycles. The van der Waals surface area contributed by atoms with E-state index in [2.05, 4.69) is 42.2 Å². The van der Waals surface area contributed by atoms with Crippen LogP contribution in [0.3, 0.4) is 0 Å². The van der Waals surface area contributed by atoms with Crippen LogP contribution < -0.4 is 4.74 Å². The Morgan fingerprint density at radius 2 is 1.97 bits per heavy atom. The first-order valence-electron chi connectivity index (χ1n) is 11.5. The van der Waals surface area contributed by atoms with Gasteiger partial charge in [-0.3, -0.25) is 4.79 Å². The van der Waals surface area contributed by atoms with Gasteiger partial charge in [-0.25, -0.2) is 0 Å². The predicted molar refractivity (Wildman–Crippen MR) is 127 cm³/mol. The number of hydrogen-bond acceptors (Lipinski definition) is 4. The van der Waals surface area contributed by atoms with Crippen molar-refractivity contribution >= 4 is 11.5 Å². The zero-order valence-corrected chi connectivity index (χ0v) is 19.0. The molecular formula is C28H30O5. The van der Waals surface area contributed by atoms with Crippen LogP contribution in [0.1, 0.15) is 61.6 Å². The second-order valence-corrected chi connectivity index (χ2v) is 8.50. The van der Waals surface area contributed by atoms with Crippen LogP contribution in [0.15, 0.2) is 54.6 Å². The van der Waals surface area contributed by atoms with Gasteiger partial charge in [-0.15, -0.1) is 5.92 Å². The number of allylic oxidation sites excluding steroid dienone is 1. The first-order chi connectivity index (χ1) is 16.1. The third-order valence-corrected chi connectivity index (χ3v) is 6.14. The van der Waals surface area contributed by atoms with Crippen LogP contribution in [0, 0.1) is 11.8 Å².